The van der Waals surface area contributed by atoms with Gasteiger partial charge in [0.05, 0.1) is 26.4 Å². The van der Waals surface area contributed by atoms with Gasteiger partial charge in [-0.2, -0.15) is 0 Å². The zero-order valence-electron chi connectivity index (χ0n) is 29.2. The van der Waals surface area contributed by atoms with Gasteiger partial charge in [0, 0.05) is 21.7 Å². The fourth-order valence-corrected chi connectivity index (χ4v) is 3.02. The van der Waals surface area contributed by atoms with Crippen molar-refractivity contribution in [1.29, 1.82) is 0 Å². The van der Waals surface area contributed by atoms with Gasteiger partial charge in [0.15, 0.2) is 0 Å². The predicted molar refractivity (Wildman–Crippen MR) is 160 cm³/mol. The molecule has 0 unspecified atom stereocenters. The molecule has 0 aliphatic carbocycles. The Morgan fingerprint density at radius 1 is 0.413 bits per heavy atom. The molecule has 0 heterocycles. The minimum absolute atomic E-state index is 0. The van der Waals surface area contributed by atoms with Crippen molar-refractivity contribution in [2.45, 2.75) is 108 Å². The van der Waals surface area contributed by atoms with Gasteiger partial charge >= 0.3 is 90.3 Å². The zero-order valence-corrected chi connectivity index (χ0v) is 32.3. The molecule has 0 amide bonds. The maximum atomic E-state index is 10.4. The van der Waals surface area contributed by atoms with Gasteiger partial charge in [0.25, 0.3) is 0 Å². The Kier molecular flexibility index (Phi) is 55.1. The molecule has 0 fully saturated rings. The average Bonchev–Trinajstić information content (AvgIpc) is 2.89. The minimum Gasteiger partial charge on any atom is -0.466 e. The topological polar surface area (TPSA) is 192 Å². The summed E-state index contributed by atoms with van der Waals surface area (Å²) in [5.74, 6) is -2.39. The molecular weight excluding hydrogens is 680 g/mol. The van der Waals surface area contributed by atoms with Gasteiger partial charge in [-0.15, -0.1) is 0 Å². The predicted octanol–water partition coefficient (Wildman–Crippen LogP) is 3.86. The quantitative estimate of drug-likeness (QED) is 0.0648. The summed E-state index contributed by atoms with van der Waals surface area (Å²) in [6.45, 7) is 19.6. The number of hydrogen-bond acceptors (Lipinski definition) is 14. The van der Waals surface area contributed by atoms with Crippen LogP contribution in [0.25, 0.3) is 0 Å². The van der Waals surface area contributed by atoms with E-state index < -0.39 is 43.8 Å². The number of Topliss-reactive ketones (excluding diaryl/α,β-unsaturated/α-hetero) is 4. The Hall–Kier alpha value is -2.09. The maximum Gasteiger partial charge on any atom is 0.313 e. The molecule has 0 aliphatic heterocycles. The van der Waals surface area contributed by atoms with Crippen LogP contribution < -0.4 is 0 Å². The van der Waals surface area contributed by atoms with Crippen LogP contribution in [0.1, 0.15) is 108 Å². The molecule has 0 saturated heterocycles. The van der Waals surface area contributed by atoms with E-state index in [1.165, 1.54) is 27.7 Å². The number of carbonyl (C=O) groups excluding carboxylic acids is 8. The fraction of sp³-hybridized carbons (Fsp3) is 0.733. The molecule has 46 heavy (non-hydrogen) atoms. The van der Waals surface area contributed by atoms with E-state index in [2.05, 4.69) is 32.8 Å². The van der Waals surface area contributed by atoms with Gasteiger partial charge in [0.2, 0.25) is 0 Å². The summed E-state index contributed by atoms with van der Waals surface area (Å²) >= 11 is -0.504. The molecule has 16 heteroatoms. The average molecular weight is 734 g/mol. The molecule has 0 atom stereocenters. The van der Waals surface area contributed by atoms with E-state index >= 15 is 0 Å². The molecule has 14 nitrogen and oxygen atoms in total. The summed E-state index contributed by atoms with van der Waals surface area (Å²) < 4.78 is 28.3. The molecule has 0 aromatic rings. The monoisotopic (exact) mass is 734 g/mol. The minimum atomic E-state index is -0.504. The molecule has 0 rings (SSSR count). The van der Waals surface area contributed by atoms with Gasteiger partial charge in [-0.1, -0.05) is 0 Å². The van der Waals surface area contributed by atoms with Gasteiger partial charge < -0.3 is 18.9 Å². The Balaban J connectivity index is -0.000000108. The summed E-state index contributed by atoms with van der Waals surface area (Å²) in [5, 5.41) is 0. The number of esters is 4. The summed E-state index contributed by atoms with van der Waals surface area (Å²) in [6.07, 6.45) is 1.78. The van der Waals surface area contributed by atoms with Gasteiger partial charge in [0.1, 0.15) is 48.8 Å². The van der Waals surface area contributed by atoms with Crippen LogP contribution in [0.5, 0.6) is 0 Å². The van der Waals surface area contributed by atoms with E-state index in [9.17, 15) is 38.4 Å². The third kappa shape index (κ3) is 68.9. The number of hydrogen-bond donors (Lipinski definition) is 0. The third-order valence-electron chi connectivity index (χ3n) is 3.52. The van der Waals surface area contributed by atoms with Crippen LogP contribution in [-0.2, 0) is 106 Å². The summed E-state index contributed by atoms with van der Waals surface area (Å²) in [5.41, 5.74) is 0. The fourth-order valence-electron chi connectivity index (χ4n) is 1.99. The van der Waals surface area contributed by atoms with Crippen LogP contribution in [-0.4, -0.2) is 86.7 Å². The molecule has 0 radical (unpaired) electrons. The number of rotatable bonds is 18. The number of ether oxygens (including phenoxy) is 4. The Bertz CT molecular complexity index is 706. The second-order valence-corrected chi connectivity index (χ2v) is 9.68. The first-order chi connectivity index (χ1) is 21.1. The van der Waals surface area contributed by atoms with Crippen molar-refractivity contribution in [3.8, 4) is 0 Å². The van der Waals surface area contributed by atoms with E-state index in [-0.39, 0.29) is 70.5 Å². The summed E-state index contributed by atoms with van der Waals surface area (Å²) in [4.78, 5) is 82.6. The van der Waals surface area contributed by atoms with Gasteiger partial charge in [-0.05, 0) is 55.4 Å². The smallest absolute Gasteiger partial charge is 0.313 e. The van der Waals surface area contributed by atoms with Crippen molar-refractivity contribution in [2.24, 2.45) is 0 Å². The zero-order chi connectivity index (χ0) is 36.1. The molecule has 0 spiro atoms. The summed E-state index contributed by atoms with van der Waals surface area (Å²) in [6, 6.07) is 0. The van der Waals surface area contributed by atoms with Crippen molar-refractivity contribution < 1.29 is 106 Å². The Morgan fingerprint density at radius 3 is 0.739 bits per heavy atom. The SMILES string of the molecule is CCC[O][Ti][O]CCC.CCOC(=O)CC(C)=O.CCOC(=O)CC(C)=O.CCOC(=O)CC(C)=O.CCOC(=O)CC(C)=O.[Ti]. The molecular formula is C30H54O14Ti2. The largest absolute Gasteiger partial charge is 0.466 e. The van der Waals surface area contributed by atoms with E-state index in [1.807, 2.05) is 0 Å². The molecule has 0 saturated carbocycles. The third-order valence-corrected chi connectivity index (χ3v) is 4.53. The molecule has 266 valence electrons. The van der Waals surface area contributed by atoms with Gasteiger partial charge in [-0.25, -0.2) is 0 Å². The number of carbonyl (C=O) groups is 8. The first-order valence-corrected chi connectivity index (χ1v) is 15.9. The van der Waals surface area contributed by atoms with Crippen molar-refractivity contribution in [1.82, 2.24) is 0 Å². The van der Waals surface area contributed by atoms with Crippen molar-refractivity contribution in [3.05, 3.63) is 0 Å². The molecule has 0 aromatic heterocycles. The van der Waals surface area contributed by atoms with Crippen LogP contribution in [0.2, 0.25) is 0 Å². The number of ketones is 4. The van der Waals surface area contributed by atoms with Crippen LogP contribution in [0.15, 0.2) is 0 Å². The van der Waals surface area contributed by atoms with Crippen LogP contribution in [0, 0.1) is 0 Å². The Morgan fingerprint density at radius 2 is 0.609 bits per heavy atom. The normalized spacial score (nSPS) is 8.65. The van der Waals surface area contributed by atoms with Crippen molar-refractivity contribution in [3.63, 3.8) is 0 Å². The van der Waals surface area contributed by atoms with Crippen molar-refractivity contribution >= 4 is 47.0 Å². The van der Waals surface area contributed by atoms with E-state index in [0.29, 0.717) is 26.4 Å². The standard InChI is InChI=1S/4C6H10O3.2C3H7O.2Ti/c4*1-3-9-6(8)4-5(2)7;2*1-2-3-4;;/h4*3-4H2,1-2H3;2*2-3H2,1H3;;/q;;;;2*-1;;+2. The van der Waals surface area contributed by atoms with Gasteiger partial charge in [-0.3, -0.25) is 38.4 Å². The maximum absolute atomic E-state index is 10.4. The molecule has 0 N–H and O–H groups in total. The van der Waals surface area contributed by atoms with E-state index in [0.717, 1.165) is 26.1 Å². The second kappa shape index (κ2) is 45.0. The molecule has 0 aromatic carbocycles. The Labute approximate surface area is 298 Å². The molecule has 0 bridgehead atoms. The first-order valence-electron chi connectivity index (χ1n) is 14.7. The first kappa shape index (κ1) is 56.3. The van der Waals surface area contributed by atoms with E-state index in [1.54, 1.807) is 27.7 Å². The second-order valence-electron chi connectivity index (χ2n) is 8.52. The summed E-state index contributed by atoms with van der Waals surface area (Å²) in [7, 11) is 0. The van der Waals surface area contributed by atoms with E-state index in [4.69, 9.17) is 6.64 Å². The van der Waals surface area contributed by atoms with Crippen molar-refractivity contribution in [2.75, 3.05) is 39.6 Å². The molecule has 0 aliphatic rings. The van der Waals surface area contributed by atoms with Crippen LogP contribution in [0.3, 0.4) is 0 Å². The van der Waals surface area contributed by atoms with Crippen LogP contribution in [0.4, 0.5) is 0 Å². The van der Waals surface area contributed by atoms with Crippen LogP contribution >= 0.6 is 0 Å².